The quantitative estimate of drug-likeness (QED) is 0.657. The number of fused-ring (bicyclic) bond motifs is 1. The third kappa shape index (κ3) is 3.32. The molecule has 1 heterocycles. The van der Waals surface area contributed by atoms with E-state index in [9.17, 15) is 18.0 Å². The Morgan fingerprint density at radius 1 is 0.920 bits per heavy atom. The Hall–Kier alpha value is -2.54. The summed E-state index contributed by atoms with van der Waals surface area (Å²) < 4.78 is 49.4. The molecule has 3 aromatic rings. The van der Waals surface area contributed by atoms with Gasteiger partial charge in [0.2, 0.25) is 0 Å². The Labute approximate surface area is 145 Å². The second-order valence-electron chi connectivity index (χ2n) is 5.25. The molecule has 0 radical (unpaired) electrons. The maximum atomic E-state index is 12.9. The first kappa shape index (κ1) is 17.3. The Balaban J connectivity index is 2.19. The lowest BCUT2D eigenvalue weighted by atomic mass is 10.1. The van der Waals surface area contributed by atoms with Gasteiger partial charge in [-0.25, -0.2) is 0 Å². The minimum atomic E-state index is -4.46. The molecule has 0 saturated carbocycles. The first-order valence-electron chi connectivity index (χ1n) is 7.21. The third-order valence-electron chi connectivity index (χ3n) is 3.72. The van der Waals surface area contributed by atoms with E-state index in [0.29, 0.717) is 21.9 Å². The van der Waals surface area contributed by atoms with Crippen molar-refractivity contribution < 1.29 is 22.6 Å². The Morgan fingerprint density at radius 3 is 2.28 bits per heavy atom. The normalized spacial score (nSPS) is 11.6. The van der Waals surface area contributed by atoms with Crippen molar-refractivity contribution in [3.63, 3.8) is 0 Å². The molecule has 25 heavy (non-hydrogen) atoms. The SMILES string of the molecule is COc1ccc(-c2cc(=O)c3ccc(C(F)(F)F)cc3s2)cc1OC. The van der Waals surface area contributed by atoms with Crippen LogP contribution in [0.5, 0.6) is 11.5 Å². The molecular weight excluding hydrogens is 353 g/mol. The van der Waals surface area contributed by atoms with E-state index in [2.05, 4.69) is 0 Å². The Morgan fingerprint density at radius 2 is 1.64 bits per heavy atom. The molecule has 1 aromatic heterocycles. The molecule has 0 aliphatic rings. The van der Waals surface area contributed by atoms with Crippen LogP contribution in [0.1, 0.15) is 5.56 Å². The van der Waals surface area contributed by atoms with Crippen LogP contribution in [0.2, 0.25) is 0 Å². The molecule has 3 rings (SSSR count). The molecule has 0 unspecified atom stereocenters. The van der Waals surface area contributed by atoms with Gasteiger partial charge in [0.1, 0.15) is 0 Å². The van der Waals surface area contributed by atoms with Gasteiger partial charge >= 0.3 is 6.18 Å². The predicted octanol–water partition coefficient (Wildman–Crippen LogP) is 4.96. The maximum absolute atomic E-state index is 12.9. The van der Waals surface area contributed by atoms with Gasteiger partial charge in [-0.1, -0.05) is 0 Å². The molecule has 0 spiro atoms. The van der Waals surface area contributed by atoms with E-state index in [-0.39, 0.29) is 15.5 Å². The summed E-state index contributed by atoms with van der Waals surface area (Å²) in [5.41, 5.74) is -0.438. The average Bonchev–Trinajstić information content (AvgIpc) is 2.59. The zero-order valence-corrected chi connectivity index (χ0v) is 14.1. The van der Waals surface area contributed by atoms with E-state index in [1.54, 1.807) is 18.2 Å². The molecule has 7 heteroatoms. The highest BCUT2D eigenvalue weighted by Gasteiger charge is 2.30. The molecule has 0 fully saturated rings. The van der Waals surface area contributed by atoms with Crippen LogP contribution in [0.25, 0.3) is 20.5 Å². The van der Waals surface area contributed by atoms with Crippen LogP contribution in [0.4, 0.5) is 13.2 Å². The first-order valence-corrected chi connectivity index (χ1v) is 8.02. The van der Waals surface area contributed by atoms with E-state index >= 15 is 0 Å². The number of methoxy groups -OCH3 is 2. The monoisotopic (exact) mass is 366 g/mol. The van der Waals surface area contributed by atoms with Crippen molar-refractivity contribution in [2.45, 2.75) is 6.18 Å². The van der Waals surface area contributed by atoms with Crippen molar-refractivity contribution in [1.82, 2.24) is 0 Å². The van der Waals surface area contributed by atoms with Gasteiger partial charge in [0.05, 0.1) is 19.8 Å². The number of hydrogen-bond donors (Lipinski definition) is 0. The van der Waals surface area contributed by atoms with E-state index < -0.39 is 11.7 Å². The van der Waals surface area contributed by atoms with E-state index in [0.717, 1.165) is 23.5 Å². The van der Waals surface area contributed by atoms with Crippen LogP contribution in [-0.2, 0) is 6.18 Å². The molecule has 0 atom stereocenters. The van der Waals surface area contributed by atoms with Gasteiger partial charge in [-0.2, -0.15) is 13.2 Å². The van der Waals surface area contributed by atoms with Gasteiger partial charge in [-0.15, -0.1) is 11.3 Å². The number of hydrogen-bond acceptors (Lipinski definition) is 4. The highest BCUT2D eigenvalue weighted by atomic mass is 32.1. The predicted molar refractivity (Wildman–Crippen MR) is 91.6 cm³/mol. The van der Waals surface area contributed by atoms with Crippen molar-refractivity contribution in [3.05, 3.63) is 58.3 Å². The molecule has 0 aliphatic carbocycles. The number of benzene rings is 2. The fourth-order valence-electron chi connectivity index (χ4n) is 2.46. The minimum Gasteiger partial charge on any atom is -0.493 e. The lowest BCUT2D eigenvalue weighted by Crippen LogP contribution is -2.06. The van der Waals surface area contributed by atoms with Gasteiger partial charge in [0.25, 0.3) is 0 Å². The van der Waals surface area contributed by atoms with Crippen molar-refractivity contribution in [3.8, 4) is 21.9 Å². The van der Waals surface area contributed by atoms with Crippen LogP contribution in [0.3, 0.4) is 0 Å². The molecule has 3 nitrogen and oxygen atoms in total. The second kappa shape index (κ2) is 6.40. The second-order valence-corrected chi connectivity index (χ2v) is 6.34. The van der Waals surface area contributed by atoms with Gasteiger partial charge < -0.3 is 9.47 Å². The first-order chi connectivity index (χ1) is 11.8. The summed E-state index contributed by atoms with van der Waals surface area (Å²) in [5.74, 6) is 1.00. The van der Waals surface area contributed by atoms with Crippen LogP contribution in [0.15, 0.2) is 47.3 Å². The standard InChI is InChI=1S/C18H13F3O3S/c1-23-14-6-3-10(7-15(14)24-2)16-9-13(22)12-5-4-11(18(19,20)21)8-17(12)25-16/h3-9H,1-2H3. The molecule has 2 aromatic carbocycles. The highest BCUT2D eigenvalue weighted by Crippen LogP contribution is 2.37. The fraction of sp³-hybridized carbons (Fsp3) is 0.167. The number of halogens is 3. The van der Waals surface area contributed by atoms with Gasteiger partial charge in [-0.3, -0.25) is 4.79 Å². The van der Waals surface area contributed by atoms with E-state index in [1.165, 1.54) is 26.4 Å². The van der Waals surface area contributed by atoms with Crippen LogP contribution in [0, 0.1) is 0 Å². The summed E-state index contributed by atoms with van der Waals surface area (Å²) in [6, 6.07) is 9.66. The summed E-state index contributed by atoms with van der Waals surface area (Å²) in [6.07, 6.45) is -4.46. The maximum Gasteiger partial charge on any atom is 0.416 e. The van der Waals surface area contributed by atoms with Crippen molar-refractivity contribution in [2.75, 3.05) is 14.2 Å². The van der Waals surface area contributed by atoms with Gasteiger partial charge in [-0.05, 0) is 42.0 Å². The van der Waals surface area contributed by atoms with Crippen LogP contribution in [-0.4, -0.2) is 14.2 Å². The molecule has 0 saturated heterocycles. The highest BCUT2D eigenvalue weighted by molar-refractivity contribution is 7.21. The molecular formula is C18H13F3O3S. The summed E-state index contributed by atoms with van der Waals surface area (Å²) in [5, 5.41) is 0.266. The third-order valence-corrected chi connectivity index (χ3v) is 4.86. The van der Waals surface area contributed by atoms with E-state index in [1.807, 2.05) is 0 Å². The summed E-state index contributed by atoms with van der Waals surface area (Å²) >= 11 is 1.12. The number of alkyl halides is 3. The van der Waals surface area contributed by atoms with Gasteiger partial charge in [0.15, 0.2) is 16.9 Å². The minimum absolute atomic E-state index is 0.266. The average molecular weight is 366 g/mol. The lowest BCUT2D eigenvalue weighted by molar-refractivity contribution is -0.137. The van der Waals surface area contributed by atoms with Crippen molar-refractivity contribution in [1.29, 1.82) is 0 Å². The Kier molecular flexibility index (Phi) is 4.43. The fourth-order valence-corrected chi connectivity index (χ4v) is 3.58. The van der Waals surface area contributed by atoms with E-state index in [4.69, 9.17) is 9.47 Å². The van der Waals surface area contributed by atoms with Crippen LogP contribution >= 0.6 is 11.3 Å². The number of ether oxygens (including phenoxy) is 2. The molecule has 0 N–H and O–H groups in total. The zero-order valence-electron chi connectivity index (χ0n) is 13.3. The largest absolute Gasteiger partial charge is 0.493 e. The van der Waals surface area contributed by atoms with Gasteiger partial charge in [0, 0.05) is 21.0 Å². The zero-order chi connectivity index (χ0) is 18.2. The van der Waals surface area contributed by atoms with Crippen molar-refractivity contribution in [2.24, 2.45) is 0 Å². The summed E-state index contributed by atoms with van der Waals surface area (Å²) in [6.45, 7) is 0. The van der Waals surface area contributed by atoms with Crippen LogP contribution < -0.4 is 14.9 Å². The summed E-state index contributed by atoms with van der Waals surface area (Å²) in [4.78, 5) is 12.8. The molecule has 130 valence electrons. The summed E-state index contributed by atoms with van der Waals surface area (Å²) in [7, 11) is 2.99. The topological polar surface area (TPSA) is 35.5 Å². The molecule has 0 amide bonds. The smallest absolute Gasteiger partial charge is 0.416 e. The Bertz CT molecular complexity index is 993. The van der Waals surface area contributed by atoms with Crippen molar-refractivity contribution >= 4 is 21.4 Å². The number of rotatable bonds is 3. The lowest BCUT2D eigenvalue weighted by Gasteiger charge is -2.10. The molecule has 0 aliphatic heterocycles. The molecule has 0 bridgehead atoms.